The van der Waals surface area contributed by atoms with Crippen LogP contribution in [0.4, 0.5) is 15.8 Å². The van der Waals surface area contributed by atoms with E-state index in [0.717, 1.165) is 43.0 Å². The lowest BCUT2D eigenvalue weighted by atomic mass is 10.0. The Hall–Kier alpha value is -2.93. The van der Waals surface area contributed by atoms with Gasteiger partial charge in [-0.25, -0.2) is 9.29 Å². The van der Waals surface area contributed by atoms with Crippen LogP contribution in [0, 0.1) is 5.82 Å². The first-order valence-electron chi connectivity index (χ1n) is 11.0. The molecular weight excluding hydrogens is 397 g/mol. The first kappa shape index (κ1) is 21.3. The molecule has 0 spiro atoms. The molecule has 2 saturated heterocycles. The van der Waals surface area contributed by atoms with Crippen LogP contribution in [0.1, 0.15) is 32.6 Å². The van der Waals surface area contributed by atoms with Gasteiger partial charge in [-0.2, -0.15) is 0 Å². The van der Waals surface area contributed by atoms with E-state index < -0.39 is 0 Å². The van der Waals surface area contributed by atoms with E-state index in [0.29, 0.717) is 18.0 Å². The zero-order valence-electron chi connectivity index (χ0n) is 17.8. The molecule has 2 heterocycles. The number of nitrogens with one attached hydrogen (secondary N) is 2. The van der Waals surface area contributed by atoms with Crippen LogP contribution in [0.25, 0.3) is 0 Å². The number of hydrogen-bond acceptors (Lipinski definition) is 4. The Morgan fingerprint density at radius 3 is 2.48 bits per heavy atom. The summed E-state index contributed by atoms with van der Waals surface area (Å²) in [7, 11) is 0. The van der Waals surface area contributed by atoms with Crippen LogP contribution in [-0.4, -0.2) is 43.6 Å². The number of rotatable bonds is 7. The highest BCUT2D eigenvalue weighted by molar-refractivity contribution is 6.21. The standard InChI is InChI=1S/C24H28FN3O3/c1-2-15-31-19-9-7-18(8-10-19)28-23(29)16-22(24(28)30)27-13-11-17(12-14-27)26-21-6-4-3-5-20(21)25/h3-10,17,22,26H,2,11-16H2,1H3/p+1/t22-/m0/s1. The summed E-state index contributed by atoms with van der Waals surface area (Å²) in [5.74, 6) is 0.186. The molecule has 0 saturated carbocycles. The number of ether oxygens (including phenoxy) is 1. The van der Waals surface area contributed by atoms with E-state index >= 15 is 0 Å². The molecule has 0 radical (unpaired) electrons. The lowest BCUT2D eigenvalue weighted by Gasteiger charge is -2.32. The van der Waals surface area contributed by atoms with Crippen LogP contribution in [0.5, 0.6) is 5.75 Å². The van der Waals surface area contributed by atoms with E-state index in [1.54, 1.807) is 36.4 Å². The molecule has 2 aromatic rings. The van der Waals surface area contributed by atoms with Crippen LogP contribution in [-0.2, 0) is 9.59 Å². The third kappa shape index (κ3) is 4.71. The van der Waals surface area contributed by atoms with Gasteiger partial charge >= 0.3 is 0 Å². The number of amides is 2. The fraction of sp³-hybridized carbons (Fsp3) is 0.417. The van der Waals surface area contributed by atoms with Gasteiger partial charge in [0.05, 0.1) is 37.5 Å². The quantitative estimate of drug-likeness (QED) is 0.668. The van der Waals surface area contributed by atoms with E-state index in [9.17, 15) is 14.0 Å². The number of halogens is 1. The predicted molar refractivity (Wildman–Crippen MR) is 117 cm³/mol. The maximum absolute atomic E-state index is 13.9. The van der Waals surface area contributed by atoms with E-state index in [4.69, 9.17) is 4.74 Å². The average Bonchev–Trinajstić information content (AvgIpc) is 3.09. The number of benzene rings is 2. The lowest BCUT2D eigenvalue weighted by molar-refractivity contribution is -0.919. The molecule has 2 aromatic carbocycles. The molecular formula is C24H29FN3O3+. The summed E-state index contributed by atoms with van der Waals surface area (Å²) in [5, 5.41) is 3.27. The van der Waals surface area contributed by atoms with Crippen molar-refractivity contribution < 1.29 is 23.6 Å². The van der Waals surface area contributed by atoms with E-state index in [2.05, 4.69) is 5.32 Å². The van der Waals surface area contributed by atoms with Crippen molar-refractivity contribution >= 4 is 23.2 Å². The van der Waals surface area contributed by atoms with Gasteiger partial charge in [0.1, 0.15) is 11.6 Å². The fourth-order valence-electron chi connectivity index (χ4n) is 4.41. The van der Waals surface area contributed by atoms with Gasteiger partial charge < -0.3 is 15.0 Å². The Bertz CT molecular complexity index is 926. The fourth-order valence-corrected chi connectivity index (χ4v) is 4.41. The second kappa shape index (κ2) is 9.47. The first-order chi connectivity index (χ1) is 15.1. The van der Waals surface area contributed by atoms with Gasteiger partial charge in [0.2, 0.25) is 5.91 Å². The molecule has 2 aliphatic rings. The van der Waals surface area contributed by atoms with Crippen molar-refractivity contribution in [3.63, 3.8) is 0 Å². The highest BCUT2D eigenvalue weighted by atomic mass is 19.1. The molecule has 7 heteroatoms. The summed E-state index contributed by atoms with van der Waals surface area (Å²) in [5.41, 5.74) is 1.11. The van der Waals surface area contributed by atoms with Gasteiger partial charge in [0.25, 0.3) is 5.91 Å². The number of para-hydroxylation sites is 1. The Kier molecular flexibility index (Phi) is 6.51. The molecule has 0 unspecified atom stereocenters. The molecule has 0 aromatic heterocycles. The number of nitrogens with zero attached hydrogens (tertiary/aromatic N) is 1. The molecule has 164 valence electrons. The summed E-state index contributed by atoms with van der Waals surface area (Å²) in [6.45, 7) is 4.21. The number of likely N-dealkylation sites (tertiary alicyclic amines) is 1. The highest BCUT2D eigenvalue weighted by Gasteiger charge is 2.46. The Balaban J connectivity index is 1.35. The van der Waals surface area contributed by atoms with Crippen molar-refractivity contribution in [3.8, 4) is 5.75 Å². The summed E-state index contributed by atoms with van der Waals surface area (Å²) < 4.78 is 19.5. The van der Waals surface area contributed by atoms with E-state index in [1.165, 1.54) is 11.0 Å². The third-order valence-electron chi connectivity index (χ3n) is 6.07. The van der Waals surface area contributed by atoms with E-state index in [1.807, 2.05) is 13.0 Å². The Morgan fingerprint density at radius 2 is 1.81 bits per heavy atom. The topological polar surface area (TPSA) is 63.1 Å². The first-order valence-corrected chi connectivity index (χ1v) is 11.0. The van der Waals surface area contributed by atoms with Crippen molar-refractivity contribution in [2.75, 3.05) is 29.9 Å². The molecule has 0 aliphatic carbocycles. The van der Waals surface area contributed by atoms with Gasteiger partial charge in [0, 0.05) is 18.9 Å². The number of imide groups is 1. The summed E-state index contributed by atoms with van der Waals surface area (Å²) in [4.78, 5) is 28.2. The minimum absolute atomic E-state index is 0.136. The molecule has 2 aliphatic heterocycles. The number of piperidine rings is 1. The highest BCUT2D eigenvalue weighted by Crippen LogP contribution is 2.25. The smallest absolute Gasteiger partial charge is 0.292 e. The maximum atomic E-state index is 13.9. The summed E-state index contributed by atoms with van der Waals surface area (Å²) in [6.07, 6.45) is 2.80. The van der Waals surface area contributed by atoms with Crippen molar-refractivity contribution in [2.24, 2.45) is 0 Å². The molecule has 0 bridgehead atoms. The number of anilines is 2. The molecule has 2 fully saturated rings. The number of carbonyl (C=O) groups is 2. The van der Waals surface area contributed by atoms with Crippen LogP contribution in [0.3, 0.4) is 0 Å². The Morgan fingerprint density at radius 1 is 1.10 bits per heavy atom. The minimum Gasteiger partial charge on any atom is -0.494 e. The van der Waals surface area contributed by atoms with Crippen LogP contribution >= 0.6 is 0 Å². The van der Waals surface area contributed by atoms with Crippen molar-refractivity contribution in [2.45, 2.75) is 44.7 Å². The largest absolute Gasteiger partial charge is 0.494 e. The number of carbonyl (C=O) groups excluding carboxylic acids is 2. The predicted octanol–water partition coefficient (Wildman–Crippen LogP) is 2.41. The number of quaternary nitrogens is 1. The van der Waals surface area contributed by atoms with Crippen molar-refractivity contribution in [3.05, 3.63) is 54.3 Å². The van der Waals surface area contributed by atoms with Gasteiger partial charge in [-0.15, -0.1) is 0 Å². The van der Waals surface area contributed by atoms with E-state index in [-0.39, 0.29) is 36.1 Å². The zero-order chi connectivity index (χ0) is 21.8. The number of hydrogen-bond donors (Lipinski definition) is 2. The molecule has 31 heavy (non-hydrogen) atoms. The average molecular weight is 427 g/mol. The van der Waals surface area contributed by atoms with Gasteiger partial charge in [-0.3, -0.25) is 9.59 Å². The van der Waals surface area contributed by atoms with Crippen LogP contribution in [0.15, 0.2) is 48.5 Å². The van der Waals surface area contributed by atoms with Gasteiger partial charge in [-0.05, 0) is 42.8 Å². The van der Waals surface area contributed by atoms with Gasteiger partial charge in [0.15, 0.2) is 6.04 Å². The SMILES string of the molecule is CCCOc1ccc(N2C(=O)C[C@H]([NH+]3CCC(Nc4ccccc4F)CC3)C2=O)cc1. The van der Waals surface area contributed by atoms with Gasteiger partial charge in [-0.1, -0.05) is 19.1 Å². The van der Waals surface area contributed by atoms with Crippen molar-refractivity contribution in [1.82, 2.24) is 0 Å². The summed E-state index contributed by atoms with van der Waals surface area (Å²) in [6, 6.07) is 13.6. The Labute approximate surface area is 182 Å². The van der Waals surface area contributed by atoms with Crippen LogP contribution in [0.2, 0.25) is 0 Å². The molecule has 4 rings (SSSR count). The normalized spacial score (nSPS) is 23.8. The van der Waals surface area contributed by atoms with Crippen molar-refractivity contribution in [1.29, 1.82) is 0 Å². The molecule has 6 nitrogen and oxygen atoms in total. The zero-order valence-corrected chi connectivity index (χ0v) is 17.8. The maximum Gasteiger partial charge on any atom is 0.292 e. The molecule has 1 atom stereocenters. The second-order valence-corrected chi connectivity index (χ2v) is 8.22. The monoisotopic (exact) mass is 426 g/mol. The second-order valence-electron chi connectivity index (χ2n) is 8.22. The van der Waals surface area contributed by atoms with Crippen LogP contribution < -0.4 is 19.9 Å². The minimum atomic E-state index is -0.349. The molecule has 2 N–H and O–H groups in total. The lowest BCUT2D eigenvalue weighted by Crippen LogP contribution is -3.17. The summed E-state index contributed by atoms with van der Waals surface area (Å²) >= 11 is 0. The molecule has 2 amide bonds. The third-order valence-corrected chi connectivity index (χ3v) is 6.07.